The molecule has 6 heteroatoms. The zero-order chi connectivity index (χ0) is 23.6. The number of pyridine rings is 1. The van der Waals surface area contributed by atoms with Crippen LogP contribution in [0.15, 0.2) is 23.3 Å². The molecule has 0 fully saturated rings. The molecule has 0 amide bonds. The molecule has 1 heterocycles. The fraction of sp³-hybridized carbons (Fsp3) is 0.640. The monoisotopic (exact) mass is 440 g/mol. The van der Waals surface area contributed by atoms with Gasteiger partial charge in [0.15, 0.2) is 11.6 Å². The second kappa shape index (κ2) is 14.0. The number of aryl methyl sites for hydroxylation is 1. The van der Waals surface area contributed by atoms with Crippen LogP contribution in [0.3, 0.4) is 0 Å². The number of alkyl halides is 2. The third-order valence-corrected chi connectivity index (χ3v) is 4.88. The lowest BCUT2D eigenvalue weighted by atomic mass is 9.81. The van der Waals surface area contributed by atoms with Gasteiger partial charge >= 0.3 is 0 Å². The first-order valence-corrected chi connectivity index (χ1v) is 10.8. The van der Waals surface area contributed by atoms with Crippen molar-refractivity contribution in [2.24, 2.45) is 11.8 Å². The Balaban J connectivity index is 0. The van der Waals surface area contributed by atoms with Gasteiger partial charge in [0.2, 0.25) is 0 Å². The molecule has 1 aliphatic carbocycles. The van der Waals surface area contributed by atoms with Gasteiger partial charge in [-0.1, -0.05) is 49.0 Å². The molecule has 31 heavy (non-hydrogen) atoms. The van der Waals surface area contributed by atoms with E-state index in [2.05, 4.69) is 18.8 Å². The number of allylic oxidation sites excluding steroid dienone is 2. The van der Waals surface area contributed by atoms with Gasteiger partial charge in [-0.3, -0.25) is 9.59 Å². The van der Waals surface area contributed by atoms with Crippen LogP contribution >= 0.6 is 0 Å². The Morgan fingerprint density at radius 2 is 1.77 bits per heavy atom. The third-order valence-electron chi connectivity index (χ3n) is 4.88. The van der Waals surface area contributed by atoms with E-state index >= 15 is 0 Å². The van der Waals surface area contributed by atoms with Gasteiger partial charge in [0, 0.05) is 30.4 Å². The Bertz CT molecular complexity index is 750. The Morgan fingerprint density at radius 3 is 2.23 bits per heavy atom. The van der Waals surface area contributed by atoms with Crippen LogP contribution in [0.5, 0.6) is 0 Å². The van der Waals surface area contributed by atoms with Gasteiger partial charge in [-0.2, -0.15) is 0 Å². The Hall–Kier alpha value is -2.11. The van der Waals surface area contributed by atoms with Crippen LogP contribution in [0, 0.1) is 11.8 Å². The maximum atomic E-state index is 13.0. The highest BCUT2D eigenvalue weighted by atomic mass is 19.3. The zero-order valence-corrected chi connectivity index (χ0v) is 19.7. The Morgan fingerprint density at radius 1 is 1.23 bits per heavy atom. The molecule has 1 aromatic rings. The minimum absolute atomic E-state index is 0. The molecule has 178 valence electrons. The highest BCUT2D eigenvalue weighted by Crippen LogP contribution is 2.30. The number of aromatic nitrogens is 1. The van der Waals surface area contributed by atoms with E-state index in [0.717, 1.165) is 25.3 Å². The van der Waals surface area contributed by atoms with Crippen molar-refractivity contribution in [3.8, 4) is 0 Å². The summed E-state index contributed by atoms with van der Waals surface area (Å²) < 4.78 is 25.9. The van der Waals surface area contributed by atoms with Crippen molar-refractivity contribution < 1.29 is 18.4 Å². The number of ketones is 2. The molecule has 2 rings (SSSR count). The average molecular weight is 441 g/mol. The third kappa shape index (κ3) is 9.70. The zero-order valence-electron chi connectivity index (χ0n) is 19.7. The van der Waals surface area contributed by atoms with Crippen molar-refractivity contribution in [3.05, 3.63) is 34.5 Å². The molecule has 1 unspecified atom stereocenters. The molecular formula is C25H42F2N2O2. The van der Waals surface area contributed by atoms with Crippen LogP contribution in [0.25, 0.3) is 0 Å². The summed E-state index contributed by atoms with van der Waals surface area (Å²) >= 11 is 0. The van der Waals surface area contributed by atoms with Crippen LogP contribution in [0.2, 0.25) is 0 Å². The summed E-state index contributed by atoms with van der Waals surface area (Å²) in [4.78, 5) is 27.3. The molecule has 2 N–H and O–H groups in total. The van der Waals surface area contributed by atoms with Crippen molar-refractivity contribution in [1.82, 2.24) is 4.98 Å². The van der Waals surface area contributed by atoms with E-state index in [9.17, 15) is 18.4 Å². The van der Waals surface area contributed by atoms with E-state index < -0.39 is 5.92 Å². The number of nitrogens with zero attached hydrogens (tertiary/aromatic N) is 1. The maximum Gasteiger partial charge on any atom is 0.272 e. The van der Waals surface area contributed by atoms with Gasteiger partial charge in [0.25, 0.3) is 5.92 Å². The fourth-order valence-electron chi connectivity index (χ4n) is 3.11. The maximum absolute atomic E-state index is 13.0. The molecular weight excluding hydrogens is 398 g/mol. The van der Waals surface area contributed by atoms with E-state index in [1.165, 1.54) is 12.1 Å². The van der Waals surface area contributed by atoms with Crippen molar-refractivity contribution in [3.63, 3.8) is 0 Å². The van der Waals surface area contributed by atoms with E-state index in [-0.39, 0.29) is 36.3 Å². The molecule has 0 aliphatic heterocycles. The first kappa shape index (κ1) is 31.1. The first-order valence-electron chi connectivity index (χ1n) is 10.8. The summed E-state index contributed by atoms with van der Waals surface area (Å²) in [5.74, 6) is -1.75. The summed E-state index contributed by atoms with van der Waals surface area (Å²) in [6.07, 6.45) is 2.61. The van der Waals surface area contributed by atoms with Crippen LogP contribution < -0.4 is 5.73 Å². The first-order chi connectivity index (χ1) is 13.9. The van der Waals surface area contributed by atoms with E-state index in [4.69, 9.17) is 5.73 Å². The highest BCUT2D eigenvalue weighted by Gasteiger charge is 2.29. The van der Waals surface area contributed by atoms with Gasteiger partial charge in [-0.05, 0) is 49.8 Å². The lowest BCUT2D eigenvalue weighted by molar-refractivity contribution is -0.125. The number of hydrogen-bond acceptors (Lipinski definition) is 4. The van der Waals surface area contributed by atoms with E-state index in [1.807, 2.05) is 20.8 Å². The van der Waals surface area contributed by atoms with E-state index in [1.54, 1.807) is 13.8 Å². The topological polar surface area (TPSA) is 73.0 Å². The van der Waals surface area contributed by atoms with Gasteiger partial charge in [0.05, 0.1) is 5.69 Å². The molecule has 4 nitrogen and oxygen atoms in total. The van der Waals surface area contributed by atoms with Gasteiger partial charge in [-0.15, -0.1) is 0 Å². The van der Waals surface area contributed by atoms with Crippen molar-refractivity contribution in [2.45, 2.75) is 94.4 Å². The molecule has 1 aromatic heterocycles. The van der Waals surface area contributed by atoms with Crippen molar-refractivity contribution >= 4 is 17.4 Å². The van der Waals surface area contributed by atoms with Crippen molar-refractivity contribution in [2.75, 3.05) is 5.73 Å². The molecule has 0 saturated heterocycles. The predicted molar refractivity (Wildman–Crippen MR) is 126 cm³/mol. The predicted octanol–water partition coefficient (Wildman–Crippen LogP) is 6.92. The number of halogens is 2. The number of carbonyl (C=O) groups excluding carboxylic acids is 2. The van der Waals surface area contributed by atoms with Crippen LogP contribution in [0.4, 0.5) is 14.6 Å². The smallest absolute Gasteiger partial charge is 0.272 e. The molecule has 0 saturated carbocycles. The van der Waals surface area contributed by atoms with Crippen molar-refractivity contribution in [1.29, 1.82) is 0 Å². The number of hydrogen-bond donors (Lipinski definition) is 1. The normalized spacial score (nSPS) is 16.2. The SMILES string of the molecule is C.CC.CC1=C(CCC(C)C)C(=O)C(C)CC1=O.CCc1nc(N)ccc1C(C)(F)F. The molecule has 0 radical (unpaired) electrons. The largest absolute Gasteiger partial charge is 0.384 e. The van der Waals surface area contributed by atoms with E-state index in [0.29, 0.717) is 30.0 Å². The quantitative estimate of drug-likeness (QED) is 0.539. The number of nitrogen functional groups attached to an aromatic ring is 1. The second-order valence-electron chi connectivity index (χ2n) is 7.90. The van der Waals surface area contributed by atoms with Gasteiger partial charge < -0.3 is 5.73 Å². The lowest BCUT2D eigenvalue weighted by Gasteiger charge is -2.21. The summed E-state index contributed by atoms with van der Waals surface area (Å²) in [7, 11) is 0. The minimum Gasteiger partial charge on any atom is -0.384 e. The van der Waals surface area contributed by atoms with Crippen LogP contribution in [0.1, 0.15) is 93.3 Å². The lowest BCUT2D eigenvalue weighted by Crippen LogP contribution is -2.26. The van der Waals surface area contributed by atoms with Crippen LogP contribution in [-0.2, 0) is 21.9 Å². The molecule has 0 aromatic carbocycles. The second-order valence-corrected chi connectivity index (χ2v) is 7.90. The summed E-state index contributed by atoms with van der Waals surface area (Å²) in [5, 5.41) is 0. The summed E-state index contributed by atoms with van der Waals surface area (Å²) in [5.41, 5.74) is 7.21. The van der Waals surface area contributed by atoms with Crippen LogP contribution in [-0.4, -0.2) is 16.6 Å². The number of rotatable bonds is 5. The average Bonchev–Trinajstić information content (AvgIpc) is 2.67. The molecule has 0 bridgehead atoms. The fourth-order valence-corrected chi connectivity index (χ4v) is 3.11. The standard InChI is InChI=1S/C13H20O2.C9H12F2N2.C2H6.CH4/c1-8(2)5-6-11-10(4)12(14)7-9(3)13(11)15;1-3-7-6(9(2,10)11)4-5-8(12)13-7;1-2;/h8-9H,5-7H2,1-4H3;4-5H,3H2,1-2H3,(H2,12,13);1-2H3;1H4. The van der Waals surface area contributed by atoms with Gasteiger partial charge in [0.1, 0.15) is 5.82 Å². The number of anilines is 1. The molecule has 1 atom stereocenters. The minimum atomic E-state index is -2.84. The highest BCUT2D eigenvalue weighted by molar-refractivity contribution is 6.12. The molecule has 1 aliphatic rings. The number of carbonyl (C=O) groups is 2. The summed E-state index contributed by atoms with van der Waals surface area (Å²) in [6, 6.07) is 2.73. The summed E-state index contributed by atoms with van der Waals surface area (Å²) in [6.45, 7) is 14.5. The molecule has 0 spiro atoms. The number of nitrogens with two attached hydrogens (primary N) is 1. The number of Topliss-reactive ketones (excluding diaryl/α,β-unsaturated/α-hetero) is 2. The Kier molecular flexibility index (Phi) is 14.1. The van der Waals surface area contributed by atoms with Gasteiger partial charge in [-0.25, -0.2) is 13.8 Å². The Labute approximate surface area is 187 Å².